The van der Waals surface area contributed by atoms with Crippen LogP contribution in [0.2, 0.25) is 0 Å². The molecule has 0 unspecified atom stereocenters. The zero-order valence-electron chi connectivity index (χ0n) is 12.7. The molecular weight excluding hydrogens is 290 g/mol. The summed E-state index contributed by atoms with van der Waals surface area (Å²) in [6.45, 7) is 0.819. The Kier molecular flexibility index (Phi) is 4.71. The number of nitrogens with zero attached hydrogens (tertiary/aromatic N) is 2. The summed E-state index contributed by atoms with van der Waals surface area (Å²) in [5.74, 6) is 0.478. The fourth-order valence-corrected chi connectivity index (χ4v) is 2.45. The lowest BCUT2D eigenvalue weighted by molar-refractivity contribution is 0.0816. The first-order valence-electron chi connectivity index (χ1n) is 7.47. The molecule has 5 nitrogen and oxygen atoms in total. The van der Waals surface area contributed by atoms with E-state index in [0.29, 0.717) is 19.0 Å². The molecule has 118 valence electrons. The number of benzene rings is 2. The molecule has 2 aromatic carbocycles. The molecule has 3 N–H and O–H groups in total. The van der Waals surface area contributed by atoms with Gasteiger partial charge in [-0.25, -0.2) is 4.68 Å². The minimum atomic E-state index is 0.0248. The van der Waals surface area contributed by atoms with Crippen LogP contribution in [-0.2, 0) is 11.3 Å². The lowest BCUT2D eigenvalue weighted by Crippen LogP contribution is -2.01. The molecule has 0 fully saturated rings. The van der Waals surface area contributed by atoms with Gasteiger partial charge in [0.2, 0.25) is 0 Å². The summed E-state index contributed by atoms with van der Waals surface area (Å²) >= 11 is 0. The van der Waals surface area contributed by atoms with E-state index in [9.17, 15) is 0 Å². The van der Waals surface area contributed by atoms with Crippen molar-refractivity contribution in [3.05, 3.63) is 66.2 Å². The lowest BCUT2D eigenvalue weighted by Gasteiger charge is -2.09. The van der Waals surface area contributed by atoms with Gasteiger partial charge in [0, 0.05) is 11.6 Å². The first kappa shape index (κ1) is 15.3. The molecule has 0 spiro atoms. The highest BCUT2D eigenvalue weighted by Gasteiger charge is 2.10. The summed E-state index contributed by atoms with van der Waals surface area (Å²) in [4.78, 5) is 0. The van der Waals surface area contributed by atoms with Crippen LogP contribution in [0.1, 0.15) is 5.56 Å². The van der Waals surface area contributed by atoms with Crippen molar-refractivity contribution in [2.24, 2.45) is 0 Å². The van der Waals surface area contributed by atoms with E-state index in [4.69, 9.17) is 15.6 Å². The third kappa shape index (κ3) is 3.59. The van der Waals surface area contributed by atoms with Gasteiger partial charge in [0.1, 0.15) is 5.82 Å². The number of rotatable bonds is 6. The number of hydrogen-bond donors (Lipinski definition) is 2. The molecule has 0 aliphatic rings. The smallest absolute Gasteiger partial charge is 0.146 e. The number of aliphatic hydroxyl groups excluding tert-OH is 1. The SMILES string of the molecule is Nc1cc(-c2cccc(COCCO)c2)n(-c2ccccc2)n1. The van der Waals surface area contributed by atoms with Crippen molar-refractivity contribution in [3.63, 3.8) is 0 Å². The highest BCUT2D eigenvalue weighted by Crippen LogP contribution is 2.25. The monoisotopic (exact) mass is 309 g/mol. The van der Waals surface area contributed by atoms with E-state index in [1.165, 1.54) is 0 Å². The molecule has 3 aromatic rings. The quantitative estimate of drug-likeness (QED) is 0.687. The van der Waals surface area contributed by atoms with Gasteiger partial charge in [-0.15, -0.1) is 0 Å². The summed E-state index contributed by atoms with van der Waals surface area (Å²) in [6.07, 6.45) is 0. The van der Waals surface area contributed by atoms with Crippen LogP contribution in [0.15, 0.2) is 60.7 Å². The molecule has 0 radical (unpaired) electrons. The Bertz CT molecular complexity index is 769. The van der Waals surface area contributed by atoms with Crippen LogP contribution in [0.3, 0.4) is 0 Å². The Balaban J connectivity index is 1.94. The maximum absolute atomic E-state index is 8.79. The molecule has 1 aromatic heterocycles. The van der Waals surface area contributed by atoms with Crippen molar-refractivity contribution >= 4 is 5.82 Å². The number of aliphatic hydroxyl groups is 1. The molecule has 0 saturated heterocycles. The number of ether oxygens (including phenoxy) is 1. The standard InChI is InChI=1S/C18H19N3O2/c19-18-12-17(21(20-18)16-7-2-1-3-8-16)15-6-4-5-14(11-15)13-23-10-9-22/h1-8,11-12,22H,9-10,13H2,(H2,19,20). The summed E-state index contributed by atoms with van der Waals surface area (Å²) in [6, 6.07) is 19.8. The molecule has 0 aliphatic heterocycles. The second-order valence-corrected chi connectivity index (χ2v) is 5.18. The maximum atomic E-state index is 8.79. The van der Waals surface area contributed by atoms with E-state index in [0.717, 1.165) is 22.5 Å². The molecule has 0 aliphatic carbocycles. The van der Waals surface area contributed by atoms with Crippen molar-refractivity contribution in [1.82, 2.24) is 9.78 Å². The zero-order chi connectivity index (χ0) is 16.1. The molecule has 0 atom stereocenters. The normalized spacial score (nSPS) is 10.8. The summed E-state index contributed by atoms with van der Waals surface area (Å²) in [5, 5.41) is 13.2. The van der Waals surface area contributed by atoms with Gasteiger partial charge in [-0.3, -0.25) is 0 Å². The van der Waals surface area contributed by atoms with E-state index in [-0.39, 0.29) is 6.61 Å². The first-order chi connectivity index (χ1) is 11.3. The number of anilines is 1. The van der Waals surface area contributed by atoms with Gasteiger partial charge in [-0.05, 0) is 23.8 Å². The largest absolute Gasteiger partial charge is 0.394 e. The average Bonchev–Trinajstić information content (AvgIpc) is 2.98. The van der Waals surface area contributed by atoms with Crippen molar-refractivity contribution < 1.29 is 9.84 Å². The number of hydrogen-bond acceptors (Lipinski definition) is 4. The molecule has 0 bridgehead atoms. The van der Waals surface area contributed by atoms with Gasteiger partial charge < -0.3 is 15.6 Å². The number of aromatic nitrogens is 2. The maximum Gasteiger partial charge on any atom is 0.146 e. The fraction of sp³-hybridized carbons (Fsp3) is 0.167. The van der Waals surface area contributed by atoms with Gasteiger partial charge >= 0.3 is 0 Å². The Morgan fingerprint density at radius 3 is 2.65 bits per heavy atom. The number of nitrogen functional groups attached to an aromatic ring is 1. The second kappa shape index (κ2) is 7.09. The van der Waals surface area contributed by atoms with Crippen LogP contribution in [0.25, 0.3) is 16.9 Å². The molecule has 23 heavy (non-hydrogen) atoms. The second-order valence-electron chi connectivity index (χ2n) is 5.18. The van der Waals surface area contributed by atoms with Gasteiger partial charge in [-0.2, -0.15) is 5.10 Å². The van der Waals surface area contributed by atoms with Gasteiger partial charge in [0.25, 0.3) is 0 Å². The first-order valence-corrected chi connectivity index (χ1v) is 7.47. The summed E-state index contributed by atoms with van der Waals surface area (Å²) in [7, 11) is 0. The van der Waals surface area contributed by atoms with Crippen molar-refractivity contribution in [1.29, 1.82) is 0 Å². The van der Waals surface area contributed by atoms with Crippen molar-refractivity contribution in [2.75, 3.05) is 18.9 Å². The van der Waals surface area contributed by atoms with Crippen molar-refractivity contribution in [2.45, 2.75) is 6.61 Å². The Morgan fingerprint density at radius 1 is 1.04 bits per heavy atom. The van der Waals surface area contributed by atoms with E-state index in [1.54, 1.807) is 0 Å². The van der Waals surface area contributed by atoms with Gasteiger partial charge in [-0.1, -0.05) is 36.4 Å². The highest BCUT2D eigenvalue weighted by atomic mass is 16.5. The zero-order valence-corrected chi connectivity index (χ0v) is 12.7. The van der Waals surface area contributed by atoms with E-state index < -0.39 is 0 Å². The Hall–Kier alpha value is -2.63. The van der Waals surface area contributed by atoms with Crippen LogP contribution in [-0.4, -0.2) is 28.1 Å². The predicted octanol–water partition coefficient (Wildman–Crippen LogP) is 2.63. The highest BCUT2D eigenvalue weighted by molar-refractivity contribution is 5.66. The molecule has 0 saturated carbocycles. The minimum Gasteiger partial charge on any atom is -0.394 e. The Labute approximate surface area is 134 Å². The predicted molar refractivity (Wildman–Crippen MR) is 90.2 cm³/mol. The molecule has 3 rings (SSSR count). The topological polar surface area (TPSA) is 73.3 Å². The van der Waals surface area contributed by atoms with E-state index >= 15 is 0 Å². The summed E-state index contributed by atoms with van der Waals surface area (Å²) < 4.78 is 7.22. The summed E-state index contributed by atoms with van der Waals surface area (Å²) in [5.41, 5.74) is 9.85. The van der Waals surface area contributed by atoms with Crippen LogP contribution >= 0.6 is 0 Å². The fourth-order valence-electron chi connectivity index (χ4n) is 2.45. The van der Waals surface area contributed by atoms with Crippen molar-refractivity contribution in [3.8, 4) is 16.9 Å². The third-order valence-corrected chi connectivity index (χ3v) is 3.46. The molecular formula is C18H19N3O2. The average molecular weight is 309 g/mol. The molecule has 5 heteroatoms. The Morgan fingerprint density at radius 2 is 1.87 bits per heavy atom. The van der Waals surface area contributed by atoms with E-state index in [1.807, 2.05) is 65.3 Å². The lowest BCUT2D eigenvalue weighted by atomic mass is 10.1. The van der Waals surface area contributed by atoms with E-state index in [2.05, 4.69) is 5.10 Å². The molecule has 0 amide bonds. The van der Waals surface area contributed by atoms with Gasteiger partial charge in [0.15, 0.2) is 0 Å². The van der Waals surface area contributed by atoms with Gasteiger partial charge in [0.05, 0.1) is 31.2 Å². The number of nitrogens with two attached hydrogens (primary N) is 1. The van der Waals surface area contributed by atoms with Crippen LogP contribution in [0.4, 0.5) is 5.82 Å². The van der Waals surface area contributed by atoms with Crippen LogP contribution < -0.4 is 5.73 Å². The number of para-hydroxylation sites is 1. The molecule has 1 heterocycles. The third-order valence-electron chi connectivity index (χ3n) is 3.46. The van der Waals surface area contributed by atoms with Crippen LogP contribution in [0, 0.1) is 0 Å². The minimum absolute atomic E-state index is 0.0248. The van der Waals surface area contributed by atoms with Crippen LogP contribution in [0.5, 0.6) is 0 Å².